The quantitative estimate of drug-likeness (QED) is 0.419. The Morgan fingerprint density at radius 1 is 1.17 bits per heavy atom. The van der Waals surface area contributed by atoms with E-state index in [2.05, 4.69) is 5.10 Å². The van der Waals surface area contributed by atoms with Crippen LogP contribution >= 0.6 is 11.6 Å². The number of hydrogen-bond acceptors (Lipinski definition) is 4. The van der Waals surface area contributed by atoms with Gasteiger partial charge in [0.1, 0.15) is 0 Å². The molecule has 0 saturated carbocycles. The average molecular weight is 423 g/mol. The van der Waals surface area contributed by atoms with Crippen LogP contribution < -0.4 is 0 Å². The lowest BCUT2D eigenvalue weighted by Crippen LogP contribution is -2.08. The third-order valence-corrected chi connectivity index (χ3v) is 4.39. The van der Waals surface area contributed by atoms with Crippen molar-refractivity contribution >= 4 is 23.9 Å². The number of rotatable bonds is 5. The lowest BCUT2D eigenvalue weighted by atomic mass is 10.0. The number of carbonyl (C=O) groups excluding carboxylic acids is 2. The van der Waals surface area contributed by atoms with Crippen LogP contribution in [0.2, 0.25) is 5.02 Å². The van der Waals surface area contributed by atoms with Crippen molar-refractivity contribution in [1.82, 2.24) is 9.78 Å². The van der Waals surface area contributed by atoms with E-state index in [0.717, 1.165) is 12.1 Å². The van der Waals surface area contributed by atoms with E-state index in [1.165, 1.54) is 16.8 Å². The molecule has 3 aromatic rings. The standard InChI is InChI=1S/C20H14ClF3N2O3/c1-2-29-19(28)17-14(11-27)18(12-7-9-13(10-8-12)20(22,23)24)26(25-17)16-6-4-3-5-15(16)21/h3-11H,2H2,1H3. The molecular formula is C20H14ClF3N2O3. The van der Waals surface area contributed by atoms with Crippen LogP contribution in [-0.2, 0) is 10.9 Å². The molecule has 0 atom stereocenters. The molecule has 0 bridgehead atoms. The van der Waals surface area contributed by atoms with Gasteiger partial charge in [0.15, 0.2) is 12.0 Å². The van der Waals surface area contributed by atoms with Crippen molar-refractivity contribution in [1.29, 1.82) is 0 Å². The van der Waals surface area contributed by atoms with Gasteiger partial charge in [0.05, 0.1) is 34.1 Å². The van der Waals surface area contributed by atoms with Crippen molar-refractivity contribution in [2.75, 3.05) is 6.61 Å². The number of hydrogen-bond donors (Lipinski definition) is 0. The number of alkyl halides is 3. The fourth-order valence-corrected chi connectivity index (χ4v) is 3.00. The van der Waals surface area contributed by atoms with Gasteiger partial charge in [-0.05, 0) is 31.2 Å². The monoisotopic (exact) mass is 422 g/mol. The van der Waals surface area contributed by atoms with E-state index in [4.69, 9.17) is 16.3 Å². The van der Waals surface area contributed by atoms with E-state index in [1.54, 1.807) is 31.2 Å². The van der Waals surface area contributed by atoms with Crippen LogP contribution in [0.25, 0.3) is 16.9 Å². The van der Waals surface area contributed by atoms with Gasteiger partial charge in [-0.25, -0.2) is 9.48 Å². The summed E-state index contributed by atoms with van der Waals surface area (Å²) in [4.78, 5) is 24.1. The van der Waals surface area contributed by atoms with Gasteiger partial charge in [-0.1, -0.05) is 35.9 Å². The number of nitrogens with zero attached hydrogens (tertiary/aromatic N) is 2. The Morgan fingerprint density at radius 2 is 1.83 bits per heavy atom. The second-order valence-corrected chi connectivity index (χ2v) is 6.29. The number of ether oxygens (including phenoxy) is 1. The maximum absolute atomic E-state index is 12.9. The van der Waals surface area contributed by atoms with Crippen LogP contribution in [0.5, 0.6) is 0 Å². The maximum atomic E-state index is 12.9. The smallest absolute Gasteiger partial charge is 0.416 e. The van der Waals surface area contributed by atoms with E-state index in [0.29, 0.717) is 12.0 Å². The largest absolute Gasteiger partial charge is 0.461 e. The minimum absolute atomic E-state index is 0.0612. The number of aldehydes is 1. The Hall–Kier alpha value is -3.13. The number of para-hydroxylation sites is 1. The summed E-state index contributed by atoms with van der Waals surface area (Å²) in [6.45, 7) is 1.66. The molecule has 1 heterocycles. The zero-order valence-corrected chi connectivity index (χ0v) is 15.8. The maximum Gasteiger partial charge on any atom is 0.416 e. The zero-order valence-electron chi connectivity index (χ0n) is 15.0. The molecule has 0 aliphatic rings. The first-order valence-electron chi connectivity index (χ1n) is 8.45. The van der Waals surface area contributed by atoms with Crippen LogP contribution in [0.3, 0.4) is 0 Å². The summed E-state index contributed by atoms with van der Waals surface area (Å²) >= 11 is 6.23. The highest BCUT2D eigenvalue weighted by molar-refractivity contribution is 6.32. The highest BCUT2D eigenvalue weighted by atomic mass is 35.5. The van der Waals surface area contributed by atoms with Crippen LogP contribution in [0.1, 0.15) is 33.3 Å². The zero-order chi connectivity index (χ0) is 21.2. The third-order valence-electron chi connectivity index (χ3n) is 4.07. The molecule has 0 fully saturated rings. The number of carbonyl (C=O) groups is 2. The Morgan fingerprint density at radius 3 is 2.38 bits per heavy atom. The minimum Gasteiger partial charge on any atom is -0.461 e. The molecule has 0 N–H and O–H groups in total. The molecule has 0 radical (unpaired) electrons. The van der Waals surface area contributed by atoms with Gasteiger partial charge in [-0.15, -0.1) is 0 Å². The second kappa shape index (κ2) is 8.08. The van der Waals surface area contributed by atoms with Gasteiger partial charge < -0.3 is 4.74 Å². The van der Waals surface area contributed by atoms with Gasteiger partial charge >= 0.3 is 12.1 Å². The molecule has 9 heteroatoms. The molecule has 5 nitrogen and oxygen atoms in total. The summed E-state index contributed by atoms with van der Waals surface area (Å²) in [5.74, 6) is -0.825. The summed E-state index contributed by atoms with van der Waals surface area (Å²) in [5.41, 5.74) is -0.473. The SMILES string of the molecule is CCOC(=O)c1nn(-c2ccccc2Cl)c(-c2ccc(C(F)(F)F)cc2)c1C=O. The van der Waals surface area contributed by atoms with Gasteiger partial charge in [-0.2, -0.15) is 18.3 Å². The molecule has 0 spiro atoms. The van der Waals surface area contributed by atoms with E-state index < -0.39 is 17.7 Å². The van der Waals surface area contributed by atoms with Crippen molar-refractivity contribution in [2.24, 2.45) is 0 Å². The summed E-state index contributed by atoms with van der Waals surface area (Å²) < 4.78 is 44.9. The second-order valence-electron chi connectivity index (χ2n) is 5.89. The molecule has 3 rings (SSSR count). The molecule has 1 aromatic heterocycles. The Balaban J connectivity index is 2.27. The highest BCUT2D eigenvalue weighted by Crippen LogP contribution is 2.34. The first kappa shape index (κ1) is 20.6. The van der Waals surface area contributed by atoms with E-state index in [9.17, 15) is 22.8 Å². The summed E-state index contributed by atoms with van der Waals surface area (Å²) in [5, 5.41) is 4.46. The number of benzene rings is 2. The lowest BCUT2D eigenvalue weighted by Gasteiger charge is -2.11. The third kappa shape index (κ3) is 4.02. The van der Waals surface area contributed by atoms with E-state index in [-0.39, 0.29) is 34.1 Å². The summed E-state index contributed by atoms with van der Waals surface area (Å²) in [7, 11) is 0. The molecule has 0 amide bonds. The van der Waals surface area contributed by atoms with E-state index in [1.807, 2.05) is 0 Å². The normalized spacial score (nSPS) is 11.3. The highest BCUT2D eigenvalue weighted by Gasteiger charge is 2.31. The molecule has 0 aliphatic carbocycles. The first-order valence-corrected chi connectivity index (χ1v) is 8.83. The topological polar surface area (TPSA) is 61.2 Å². The van der Waals surface area contributed by atoms with Crippen molar-refractivity contribution < 1.29 is 27.5 Å². The van der Waals surface area contributed by atoms with Gasteiger partial charge in [0.25, 0.3) is 0 Å². The summed E-state index contributed by atoms with van der Waals surface area (Å²) in [6, 6.07) is 10.7. The van der Waals surface area contributed by atoms with E-state index >= 15 is 0 Å². The minimum atomic E-state index is -4.51. The first-order chi connectivity index (χ1) is 13.8. The molecule has 150 valence electrons. The van der Waals surface area contributed by atoms with Crippen molar-refractivity contribution in [2.45, 2.75) is 13.1 Å². The molecule has 29 heavy (non-hydrogen) atoms. The van der Waals surface area contributed by atoms with Crippen LogP contribution in [-0.4, -0.2) is 28.6 Å². The number of halogens is 4. The average Bonchev–Trinajstić information content (AvgIpc) is 3.07. The van der Waals surface area contributed by atoms with Crippen LogP contribution in [0.15, 0.2) is 48.5 Å². The number of esters is 1. The lowest BCUT2D eigenvalue weighted by molar-refractivity contribution is -0.137. The Kier molecular flexibility index (Phi) is 5.74. The Bertz CT molecular complexity index is 1060. The fourth-order valence-electron chi connectivity index (χ4n) is 2.78. The molecule has 0 saturated heterocycles. The van der Waals surface area contributed by atoms with Gasteiger partial charge in [0, 0.05) is 5.56 Å². The van der Waals surface area contributed by atoms with Crippen molar-refractivity contribution in [3.63, 3.8) is 0 Å². The summed E-state index contributed by atoms with van der Waals surface area (Å²) in [6.07, 6.45) is -4.09. The fraction of sp³-hybridized carbons (Fsp3) is 0.150. The Labute approximate surface area is 168 Å². The molecular weight excluding hydrogens is 409 g/mol. The molecule has 2 aromatic carbocycles. The van der Waals surface area contributed by atoms with Gasteiger partial charge in [0.2, 0.25) is 0 Å². The molecule has 0 aliphatic heterocycles. The van der Waals surface area contributed by atoms with Crippen molar-refractivity contribution in [3.05, 3.63) is 70.4 Å². The molecule has 0 unspecified atom stereocenters. The van der Waals surface area contributed by atoms with Crippen LogP contribution in [0.4, 0.5) is 13.2 Å². The predicted octanol–water partition coefficient (Wildman–Crippen LogP) is 5.20. The van der Waals surface area contributed by atoms with Crippen molar-refractivity contribution in [3.8, 4) is 16.9 Å². The van der Waals surface area contributed by atoms with Crippen LogP contribution in [0, 0.1) is 0 Å². The van der Waals surface area contributed by atoms with Gasteiger partial charge in [-0.3, -0.25) is 4.79 Å². The number of aromatic nitrogens is 2. The predicted molar refractivity (Wildman–Crippen MR) is 100 cm³/mol.